The molecule has 1 N–H and O–H groups in total. The van der Waals surface area contributed by atoms with Crippen LogP contribution in [0.2, 0.25) is 0 Å². The number of rotatable bonds is 3. The second kappa shape index (κ2) is 6.39. The van der Waals surface area contributed by atoms with Crippen molar-refractivity contribution in [3.05, 3.63) is 60.0 Å². The van der Waals surface area contributed by atoms with E-state index in [1.165, 1.54) is 0 Å². The lowest BCUT2D eigenvalue weighted by molar-refractivity contribution is 0.103. The molecule has 1 aromatic carbocycles. The standard InChI is InChI=1S/C17H14I2N2O2/c1-3-13-14(15-9(2)5-4-6-21(15)20-13)16(22)10-7-11(18)17(23)12(19)8-10/h4-8,23H,3H2,1-2H3. The molecule has 3 aromatic rings. The molecule has 4 nitrogen and oxygen atoms in total. The van der Waals surface area contributed by atoms with Gasteiger partial charge in [-0.3, -0.25) is 4.79 Å². The Kier molecular flexibility index (Phi) is 4.63. The number of nitrogens with zero attached hydrogens (tertiary/aromatic N) is 2. The number of hydrogen-bond acceptors (Lipinski definition) is 3. The number of carbonyl (C=O) groups is 1. The molecule has 6 heteroatoms. The molecule has 0 unspecified atom stereocenters. The summed E-state index contributed by atoms with van der Waals surface area (Å²) in [4.78, 5) is 13.1. The van der Waals surface area contributed by atoms with E-state index >= 15 is 0 Å². The van der Waals surface area contributed by atoms with E-state index in [9.17, 15) is 9.90 Å². The molecule has 23 heavy (non-hydrogen) atoms. The van der Waals surface area contributed by atoms with Gasteiger partial charge in [-0.1, -0.05) is 13.0 Å². The van der Waals surface area contributed by atoms with Gasteiger partial charge in [0.05, 0.1) is 23.9 Å². The number of halogens is 2. The van der Waals surface area contributed by atoms with Crippen LogP contribution in [0.1, 0.15) is 34.1 Å². The van der Waals surface area contributed by atoms with Crippen molar-refractivity contribution in [3.8, 4) is 5.75 Å². The molecular formula is C17H14I2N2O2. The highest BCUT2D eigenvalue weighted by Crippen LogP contribution is 2.30. The second-order valence-corrected chi connectivity index (χ2v) is 7.60. The summed E-state index contributed by atoms with van der Waals surface area (Å²) in [5.74, 6) is 0.163. The number of hydrogen-bond donors (Lipinski definition) is 1. The maximum atomic E-state index is 13.1. The zero-order valence-electron chi connectivity index (χ0n) is 12.6. The Morgan fingerprint density at radius 2 is 1.96 bits per heavy atom. The number of phenols is 1. The summed E-state index contributed by atoms with van der Waals surface area (Å²) in [5, 5.41) is 14.5. The average Bonchev–Trinajstić information content (AvgIpc) is 2.91. The first-order valence-electron chi connectivity index (χ1n) is 7.13. The molecule has 0 bridgehead atoms. The Balaban J connectivity index is 2.26. The van der Waals surface area contributed by atoms with Crippen molar-refractivity contribution < 1.29 is 9.90 Å². The number of aromatic hydroxyl groups is 1. The van der Waals surface area contributed by atoms with Crippen LogP contribution < -0.4 is 0 Å². The quantitative estimate of drug-likeness (QED) is 0.404. The summed E-state index contributed by atoms with van der Waals surface area (Å²) in [5.41, 5.74) is 3.90. The van der Waals surface area contributed by atoms with Gasteiger partial charge in [-0.15, -0.1) is 0 Å². The molecule has 0 saturated heterocycles. The Morgan fingerprint density at radius 1 is 1.30 bits per heavy atom. The first kappa shape index (κ1) is 16.7. The number of pyridine rings is 1. The molecule has 2 heterocycles. The maximum Gasteiger partial charge on any atom is 0.197 e. The first-order chi connectivity index (χ1) is 10.9. The highest BCUT2D eigenvalue weighted by atomic mass is 127. The lowest BCUT2D eigenvalue weighted by atomic mass is 9.99. The van der Waals surface area contributed by atoms with Crippen molar-refractivity contribution in [1.29, 1.82) is 0 Å². The highest BCUT2D eigenvalue weighted by molar-refractivity contribution is 14.1. The molecule has 3 rings (SSSR count). The summed E-state index contributed by atoms with van der Waals surface area (Å²) >= 11 is 4.08. The Bertz CT molecular complexity index is 909. The van der Waals surface area contributed by atoms with Crippen LogP contribution in [0.5, 0.6) is 5.75 Å². The lowest BCUT2D eigenvalue weighted by Gasteiger charge is -2.07. The van der Waals surface area contributed by atoms with Gasteiger partial charge < -0.3 is 5.11 Å². The molecule has 0 aliphatic heterocycles. The van der Waals surface area contributed by atoms with Gasteiger partial charge in [0.1, 0.15) is 5.75 Å². The van der Waals surface area contributed by atoms with E-state index in [0.717, 1.165) is 16.8 Å². The SMILES string of the molecule is CCc1nn2cccc(C)c2c1C(=O)c1cc(I)c(O)c(I)c1. The number of aryl methyl sites for hydroxylation is 2. The molecule has 0 fully saturated rings. The van der Waals surface area contributed by atoms with Gasteiger partial charge in [-0.25, -0.2) is 4.52 Å². The van der Waals surface area contributed by atoms with E-state index in [4.69, 9.17) is 0 Å². The normalized spacial score (nSPS) is 11.1. The van der Waals surface area contributed by atoms with Crippen LogP contribution in [0, 0.1) is 14.1 Å². The van der Waals surface area contributed by atoms with Crippen LogP contribution in [-0.2, 0) is 6.42 Å². The number of phenolic OH excluding ortho intramolecular Hbond substituents is 1. The van der Waals surface area contributed by atoms with Crippen molar-refractivity contribution in [1.82, 2.24) is 9.61 Å². The van der Waals surface area contributed by atoms with Gasteiger partial charge in [-0.05, 0) is 82.3 Å². The van der Waals surface area contributed by atoms with Crippen molar-refractivity contribution in [2.45, 2.75) is 20.3 Å². The third-order valence-corrected chi connectivity index (χ3v) is 5.42. The van der Waals surface area contributed by atoms with E-state index in [1.807, 2.05) is 77.4 Å². The molecule has 0 atom stereocenters. The number of aromatic nitrogens is 2. The minimum absolute atomic E-state index is 0.0537. The zero-order chi connectivity index (χ0) is 16.7. The van der Waals surface area contributed by atoms with Gasteiger partial charge in [-0.2, -0.15) is 5.10 Å². The van der Waals surface area contributed by atoms with Crippen LogP contribution >= 0.6 is 45.2 Å². The Morgan fingerprint density at radius 3 is 2.57 bits per heavy atom. The molecule has 0 radical (unpaired) electrons. The molecule has 0 spiro atoms. The fourth-order valence-electron chi connectivity index (χ4n) is 2.64. The smallest absolute Gasteiger partial charge is 0.197 e. The predicted molar refractivity (Wildman–Crippen MR) is 106 cm³/mol. The molecule has 0 aliphatic rings. The lowest BCUT2D eigenvalue weighted by Crippen LogP contribution is -2.05. The average molecular weight is 532 g/mol. The molecular weight excluding hydrogens is 518 g/mol. The Labute approximate surface area is 161 Å². The van der Waals surface area contributed by atoms with Crippen molar-refractivity contribution in [3.63, 3.8) is 0 Å². The molecule has 0 amide bonds. The van der Waals surface area contributed by atoms with Crippen molar-refractivity contribution >= 4 is 56.5 Å². The Hall–Kier alpha value is -1.16. The third kappa shape index (κ3) is 2.86. The van der Waals surface area contributed by atoms with Gasteiger partial charge in [0.15, 0.2) is 5.78 Å². The molecule has 2 aromatic heterocycles. The summed E-state index contributed by atoms with van der Waals surface area (Å²) in [7, 11) is 0. The molecule has 0 aliphatic carbocycles. The third-order valence-electron chi connectivity index (χ3n) is 3.77. The van der Waals surface area contributed by atoms with E-state index in [1.54, 1.807) is 16.6 Å². The fraction of sp³-hybridized carbons (Fsp3) is 0.176. The highest BCUT2D eigenvalue weighted by Gasteiger charge is 2.22. The van der Waals surface area contributed by atoms with Crippen LogP contribution in [-0.4, -0.2) is 20.5 Å². The van der Waals surface area contributed by atoms with Crippen molar-refractivity contribution in [2.24, 2.45) is 0 Å². The minimum atomic E-state index is -0.0537. The maximum absolute atomic E-state index is 13.1. The molecule has 0 saturated carbocycles. The van der Waals surface area contributed by atoms with Crippen LogP contribution in [0.25, 0.3) is 5.52 Å². The fourth-order valence-corrected chi connectivity index (χ4v) is 4.41. The number of benzene rings is 1. The second-order valence-electron chi connectivity index (χ2n) is 5.28. The number of fused-ring (bicyclic) bond motifs is 1. The van der Waals surface area contributed by atoms with Crippen LogP contribution in [0.15, 0.2) is 30.5 Å². The van der Waals surface area contributed by atoms with Gasteiger partial charge in [0, 0.05) is 11.8 Å². The molecule has 118 valence electrons. The first-order valence-corrected chi connectivity index (χ1v) is 9.29. The summed E-state index contributed by atoms with van der Waals surface area (Å²) in [6.07, 6.45) is 2.55. The summed E-state index contributed by atoms with van der Waals surface area (Å²) < 4.78 is 3.12. The van der Waals surface area contributed by atoms with Gasteiger partial charge in [0.2, 0.25) is 0 Å². The monoisotopic (exact) mass is 532 g/mol. The van der Waals surface area contributed by atoms with Gasteiger partial charge in [0.25, 0.3) is 0 Å². The largest absolute Gasteiger partial charge is 0.506 e. The van der Waals surface area contributed by atoms with Crippen LogP contribution in [0.4, 0.5) is 0 Å². The van der Waals surface area contributed by atoms with Gasteiger partial charge >= 0.3 is 0 Å². The van der Waals surface area contributed by atoms with E-state index in [2.05, 4.69) is 5.10 Å². The van der Waals surface area contributed by atoms with Crippen molar-refractivity contribution in [2.75, 3.05) is 0 Å². The van der Waals surface area contributed by atoms with E-state index in [-0.39, 0.29) is 11.5 Å². The van der Waals surface area contributed by atoms with E-state index in [0.29, 0.717) is 24.7 Å². The summed E-state index contributed by atoms with van der Waals surface area (Å²) in [6.45, 7) is 3.98. The zero-order valence-corrected chi connectivity index (χ0v) is 16.9. The number of carbonyl (C=O) groups excluding carboxylic acids is 1. The summed E-state index contributed by atoms with van der Waals surface area (Å²) in [6, 6.07) is 7.36. The predicted octanol–water partition coefficient (Wildman–Crippen LogP) is 4.35. The number of ketones is 1. The topological polar surface area (TPSA) is 54.6 Å². The minimum Gasteiger partial charge on any atom is -0.506 e. The van der Waals surface area contributed by atoms with Crippen LogP contribution in [0.3, 0.4) is 0 Å². The van der Waals surface area contributed by atoms with E-state index < -0.39 is 0 Å².